The van der Waals surface area contributed by atoms with Gasteiger partial charge in [-0.1, -0.05) is 49.4 Å². The van der Waals surface area contributed by atoms with Crippen LogP contribution in [0, 0.1) is 11.7 Å². The molecule has 0 fully saturated rings. The normalized spacial score (nSPS) is 14.5. The summed E-state index contributed by atoms with van der Waals surface area (Å²) in [6.07, 6.45) is -0.356. The second kappa shape index (κ2) is 8.45. The molecule has 0 heterocycles. The number of rotatable bonds is 7. The van der Waals surface area contributed by atoms with Crippen molar-refractivity contribution in [3.8, 4) is 5.75 Å². The first-order valence-corrected chi connectivity index (χ1v) is 7.98. The lowest BCUT2D eigenvalue weighted by Gasteiger charge is -2.21. The number of carbonyl (C=O) groups excluding carboxylic acids is 1. The number of nitrogens with two attached hydrogens (primary N) is 1. The van der Waals surface area contributed by atoms with E-state index in [1.54, 1.807) is 32.0 Å². The topological polar surface area (TPSA) is 64.4 Å². The van der Waals surface area contributed by atoms with Crippen LogP contribution in [0.5, 0.6) is 5.75 Å². The second-order valence-electron chi connectivity index (χ2n) is 5.83. The van der Waals surface area contributed by atoms with Gasteiger partial charge in [-0.2, -0.15) is 0 Å². The Morgan fingerprint density at radius 1 is 1.12 bits per heavy atom. The Bertz CT molecular complexity index is 663. The Balaban J connectivity index is 1.85. The molecule has 0 saturated heterocycles. The molecule has 0 bridgehead atoms. The van der Waals surface area contributed by atoms with Gasteiger partial charge in [0.2, 0.25) is 5.91 Å². The van der Waals surface area contributed by atoms with Gasteiger partial charge in [0.05, 0.1) is 12.5 Å². The van der Waals surface area contributed by atoms with Crippen molar-refractivity contribution in [1.29, 1.82) is 0 Å². The predicted octanol–water partition coefficient (Wildman–Crippen LogP) is 3.05. The van der Waals surface area contributed by atoms with E-state index >= 15 is 0 Å². The highest BCUT2D eigenvalue weighted by Crippen LogP contribution is 2.19. The average molecular weight is 330 g/mol. The fourth-order valence-electron chi connectivity index (χ4n) is 2.33. The van der Waals surface area contributed by atoms with Gasteiger partial charge in [-0.25, -0.2) is 4.39 Å². The van der Waals surface area contributed by atoms with Crippen LogP contribution in [0.3, 0.4) is 0 Å². The van der Waals surface area contributed by atoms with Crippen molar-refractivity contribution in [2.24, 2.45) is 11.7 Å². The molecule has 5 heteroatoms. The Morgan fingerprint density at radius 2 is 1.75 bits per heavy atom. The van der Waals surface area contributed by atoms with Crippen molar-refractivity contribution >= 4 is 5.91 Å². The van der Waals surface area contributed by atoms with E-state index in [4.69, 9.17) is 10.5 Å². The molecule has 0 aromatic heterocycles. The summed E-state index contributed by atoms with van der Waals surface area (Å²) in [5.41, 5.74) is 7.06. The van der Waals surface area contributed by atoms with Crippen LogP contribution in [0.1, 0.15) is 25.5 Å². The minimum Gasteiger partial charge on any atom is -0.486 e. The number of benzene rings is 2. The standard InChI is InChI=1S/C19H23FN2O2/c1-13(24-17-11-7-6-10-16(17)20)12-22-19(23)14(2)18(21)15-8-4-3-5-9-15/h3-11,13-14,18H,12,21H2,1-2H3,(H,22,23). The molecule has 3 atom stereocenters. The number of hydrogen-bond donors (Lipinski definition) is 2. The lowest BCUT2D eigenvalue weighted by molar-refractivity contribution is -0.125. The number of hydrogen-bond acceptors (Lipinski definition) is 3. The van der Waals surface area contributed by atoms with Crippen LogP contribution in [-0.4, -0.2) is 18.6 Å². The zero-order chi connectivity index (χ0) is 17.5. The smallest absolute Gasteiger partial charge is 0.224 e. The minimum atomic E-state index is -0.421. The van der Waals surface area contributed by atoms with Crippen LogP contribution >= 0.6 is 0 Å². The summed E-state index contributed by atoms with van der Waals surface area (Å²) < 4.78 is 19.0. The maximum Gasteiger partial charge on any atom is 0.224 e. The summed E-state index contributed by atoms with van der Waals surface area (Å²) in [5, 5.41) is 2.81. The summed E-state index contributed by atoms with van der Waals surface area (Å²) >= 11 is 0. The lowest BCUT2D eigenvalue weighted by atomic mass is 9.94. The fraction of sp³-hybridized carbons (Fsp3) is 0.316. The molecule has 0 aliphatic carbocycles. The Morgan fingerprint density at radius 3 is 2.42 bits per heavy atom. The van der Waals surface area contributed by atoms with Gasteiger partial charge >= 0.3 is 0 Å². The Hall–Kier alpha value is -2.40. The number of para-hydroxylation sites is 1. The van der Waals surface area contributed by atoms with Gasteiger partial charge in [-0.15, -0.1) is 0 Å². The van der Waals surface area contributed by atoms with Crippen molar-refractivity contribution in [2.45, 2.75) is 26.0 Å². The summed E-state index contributed by atoms with van der Waals surface area (Å²) in [6, 6.07) is 15.3. The van der Waals surface area contributed by atoms with Crippen LogP contribution in [0.25, 0.3) is 0 Å². The molecule has 0 aliphatic rings. The van der Waals surface area contributed by atoms with Crippen LogP contribution in [0.4, 0.5) is 4.39 Å². The summed E-state index contributed by atoms with van der Waals surface area (Å²) in [7, 11) is 0. The van der Waals surface area contributed by atoms with Crippen LogP contribution < -0.4 is 15.8 Å². The lowest BCUT2D eigenvalue weighted by Crippen LogP contribution is -2.40. The first-order valence-electron chi connectivity index (χ1n) is 7.98. The monoisotopic (exact) mass is 330 g/mol. The zero-order valence-electron chi connectivity index (χ0n) is 13.9. The van der Waals surface area contributed by atoms with E-state index in [-0.39, 0.29) is 36.3 Å². The van der Waals surface area contributed by atoms with Gasteiger partial charge in [-0.3, -0.25) is 4.79 Å². The average Bonchev–Trinajstić information content (AvgIpc) is 2.61. The maximum absolute atomic E-state index is 13.5. The number of ether oxygens (including phenoxy) is 1. The van der Waals surface area contributed by atoms with Gasteiger partial charge < -0.3 is 15.8 Å². The zero-order valence-corrected chi connectivity index (χ0v) is 13.9. The van der Waals surface area contributed by atoms with Gasteiger partial charge in [0.15, 0.2) is 11.6 Å². The Labute approximate surface area is 141 Å². The quantitative estimate of drug-likeness (QED) is 0.820. The van der Waals surface area contributed by atoms with Crippen molar-refractivity contribution in [2.75, 3.05) is 6.54 Å². The third-order valence-electron chi connectivity index (χ3n) is 3.87. The van der Waals surface area contributed by atoms with Gasteiger partial charge in [0, 0.05) is 6.04 Å². The molecule has 4 nitrogen and oxygen atoms in total. The third kappa shape index (κ3) is 4.80. The van der Waals surface area contributed by atoms with E-state index in [9.17, 15) is 9.18 Å². The van der Waals surface area contributed by atoms with E-state index in [1.165, 1.54) is 6.07 Å². The molecule has 2 aromatic carbocycles. The van der Waals surface area contributed by atoms with E-state index in [2.05, 4.69) is 5.32 Å². The van der Waals surface area contributed by atoms with Crippen molar-refractivity contribution < 1.29 is 13.9 Å². The largest absolute Gasteiger partial charge is 0.486 e. The molecule has 0 radical (unpaired) electrons. The van der Waals surface area contributed by atoms with Gasteiger partial charge in [-0.05, 0) is 24.6 Å². The molecular formula is C19H23FN2O2. The van der Waals surface area contributed by atoms with E-state index < -0.39 is 5.82 Å². The van der Waals surface area contributed by atoms with Crippen molar-refractivity contribution in [3.63, 3.8) is 0 Å². The molecule has 2 rings (SSSR count). The fourth-order valence-corrected chi connectivity index (χ4v) is 2.33. The maximum atomic E-state index is 13.5. The van der Waals surface area contributed by atoms with Crippen LogP contribution in [-0.2, 0) is 4.79 Å². The molecular weight excluding hydrogens is 307 g/mol. The molecule has 0 saturated carbocycles. The highest BCUT2D eigenvalue weighted by atomic mass is 19.1. The first-order chi connectivity index (χ1) is 11.5. The summed E-state index contributed by atoms with van der Waals surface area (Å²) in [5.74, 6) is -0.785. The number of nitrogens with one attached hydrogen (secondary N) is 1. The van der Waals surface area contributed by atoms with Crippen molar-refractivity contribution in [1.82, 2.24) is 5.32 Å². The highest BCUT2D eigenvalue weighted by molar-refractivity contribution is 5.79. The SMILES string of the molecule is CC(CNC(=O)C(C)C(N)c1ccccc1)Oc1ccccc1F. The van der Waals surface area contributed by atoms with Crippen molar-refractivity contribution in [3.05, 3.63) is 66.0 Å². The minimum absolute atomic E-state index is 0.157. The van der Waals surface area contributed by atoms with Gasteiger partial charge in [0.25, 0.3) is 0 Å². The van der Waals surface area contributed by atoms with E-state index in [1.807, 2.05) is 30.3 Å². The molecule has 0 spiro atoms. The molecule has 24 heavy (non-hydrogen) atoms. The Kier molecular flexibility index (Phi) is 6.32. The van der Waals surface area contributed by atoms with Crippen LogP contribution in [0.2, 0.25) is 0 Å². The second-order valence-corrected chi connectivity index (χ2v) is 5.83. The highest BCUT2D eigenvalue weighted by Gasteiger charge is 2.22. The van der Waals surface area contributed by atoms with Gasteiger partial charge in [0.1, 0.15) is 6.10 Å². The molecule has 128 valence electrons. The molecule has 1 amide bonds. The number of carbonyl (C=O) groups is 1. The summed E-state index contributed by atoms with van der Waals surface area (Å²) in [6.45, 7) is 3.84. The number of halogens is 1. The van der Waals surface area contributed by atoms with E-state index in [0.717, 1.165) is 5.56 Å². The molecule has 3 unspecified atom stereocenters. The third-order valence-corrected chi connectivity index (χ3v) is 3.87. The predicted molar refractivity (Wildman–Crippen MR) is 92.0 cm³/mol. The molecule has 3 N–H and O–H groups in total. The first kappa shape index (κ1) is 17.9. The number of amides is 1. The molecule has 2 aromatic rings. The van der Waals surface area contributed by atoms with Crippen LogP contribution in [0.15, 0.2) is 54.6 Å². The summed E-state index contributed by atoms with van der Waals surface area (Å²) in [4.78, 5) is 12.3. The molecule has 0 aliphatic heterocycles. The van der Waals surface area contributed by atoms with E-state index in [0.29, 0.717) is 0 Å².